The highest BCUT2D eigenvalue weighted by Gasteiger charge is 2.25. The number of hydrogen-bond donors (Lipinski definition) is 0. The molecular weight excluding hydrogens is 390 g/mol. The van der Waals surface area contributed by atoms with Gasteiger partial charge in [0.25, 0.3) is 11.5 Å². The van der Waals surface area contributed by atoms with Gasteiger partial charge in [0.15, 0.2) is 5.69 Å². The van der Waals surface area contributed by atoms with E-state index in [2.05, 4.69) is 18.9 Å². The number of hydrogen-bond acceptors (Lipinski definition) is 4. The summed E-state index contributed by atoms with van der Waals surface area (Å²) in [5.74, 6) is 0.0486. The topological polar surface area (TPSA) is 83.9 Å². The summed E-state index contributed by atoms with van der Waals surface area (Å²) in [6.45, 7) is 7.49. The minimum Gasteiger partial charge on any atom is -0.333 e. The van der Waals surface area contributed by atoms with Gasteiger partial charge < -0.3 is 4.90 Å². The van der Waals surface area contributed by atoms with Gasteiger partial charge in [-0.05, 0) is 54.7 Å². The van der Waals surface area contributed by atoms with Gasteiger partial charge in [-0.1, -0.05) is 26.0 Å². The zero-order valence-corrected chi connectivity index (χ0v) is 18.0. The number of carbonyl (C=O) groups excluding carboxylic acids is 1. The SMILES string of the molecule is Cc1ccn(-c2cccc(C(C)C)c2)c(=O)c1C(=O)N1CCCn2nc(C#N)cc2C1. The lowest BCUT2D eigenvalue weighted by atomic mass is 10.0. The Bertz CT molecular complexity index is 1250. The number of nitriles is 1. The summed E-state index contributed by atoms with van der Waals surface area (Å²) >= 11 is 0. The number of rotatable bonds is 3. The molecule has 1 amide bonds. The number of carbonyl (C=O) groups is 1. The van der Waals surface area contributed by atoms with Crippen molar-refractivity contribution >= 4 is 5.91 Å². The summed E-state index contributed by atoms with van der Waals surface area (Å²) in [5.41, 5.74) is 3.55. The number of nitrogens with zero attached hydrogens (tertiary/aromatic N) is 5. The van der Waals surface area contributed by atoms with Crippen molar-refractivity contribution in [2.24, 2.45) is 0 Å². The van der Waals surface area contributed by atoms with Gasteiger partial charge in [-0.15, -0.1) is 0 Å². The summed E-state index contributed by atoms with van der Waals surface area (Å²) in [5, 5.41) is 13.4. The molecule has 1 aliphatic rings. The molecule has 2 aromatic heterocycles. The van der Waals surface area contributed by atoms with Gasteiger partial charge in [-0.2, -0.15) is 10.4 Å². The fraction of sp³-hybridized carbons (Fsp3) is 0.333. The molecule has 0 radical (unpaired) electrons. The smallest absolute Gasteiger partial charge is 0.268 e. The molecule has 1 aromatic carbocycles. The Hall–Kier alpha value is -3.66. The van der Waals surface area contributed by atoms with E-state index in [9.17, 15) is 9.59 Å². The largest absolute Gasteiger partial charge is 0.333 e. The molecule has 0 saturated carbocycles. The van der Waals surface area contributed by atoms with Crippen LogP contribution in [0.3, 0.4) is 0 Å². The van der Waals surface area contributed by atoms with Crippen molar-refractivity contribution in [3.8, 4) is 11.8 Å². The molecule has 3 aromatic rings. The Kier molecular flexibility index (Phi) is 5.47. The summed E-state index contributed by atoms with van der Waals surface area (Å²) in [4.78, 5) is 28.5. The Morgan fingerprint density at radius 2 is 2.00 bits per heavy atom. The first-order valence-electron chi connectivity index (χ1n) is 10.5. The van der Waals surface area contributed by atoms with E-state index in [1.165, 1.54) is 0 Å². The third-order valence-corrected chi connectivity index (χ3v) is 5.75. The first-order valence-corrected chi connectivity index (χ1v) is 10.5. The minimum absolute atomic E-state index is 0.186. The zero-order valence-electron chi connectivity index (χ0n) is 18.0. The molecule has 0 N–H and O–H groups in total. The number of aromatic nitrogens is 3. The van der Waals surface area contributed by atoms with Gasteiger partial charge in [0.1, 0.15) is 11.6 Å². The van der Waals surface area contributed by atoms with Crippen LogP contribution < -0.4 is 5.56 Å². The molecule has 0 unspecified atom stereocenters. The number of fused-ring (bicyclic) bond motifs is 1. The molecule has 7 heteroatoms. The van der Waals surface area contributed by atoms with Gasteiger partial charge >= 0.3 is 0 Å². The van der Waals surface area contributed by atoms with E-state index < -0.39 is 0 Å². The fourth-order valence-electron chi connectivity index (χ4n) is 3.97. The monoisotopic (exact) mass is 415 g/mol. The van der Waals surface area contributed by atoms with Crippen molar-refractivity contribution in [3.05, 3.63) is 81.0 Å². The number of aryl methyl sites for hydroxylation is 2. The van der Waals surface area contributed by atoms with Crippen molar-refractivity contribution in [2.75, 3.05) is 6.54 Å². The maximum Gasteiger partial charge on any atom is 0.268 e. The first kappa shape index (κ1) is 20.6. The Morgan fingerprint density at radius 1 is 1.19 bits per heavy atom. The van der Waals surface area contributed by atoms with Gasteiger partial charge in [-0.25, -0.2) is 0 Å². The normalized spacial score (nSPS) is 13.6. The van der Waals surface area contributed by atoms with E-state index in [0.717, 1.165) is 16.9 Å². The Balaban J connectivity index is 1.72. The van der Waals surface area contributed by atoms with Crippen LogP contribution in [0, 0.1) is 18.3 Å². The summed E-state index contributed by atoms with van der Waals surface area (Å²) in [7, 11) is 0. The van der Waals surface area contributed by atoms with Crippen LogP contribution in [-0.2, 0) is 13.1 Å². The predicted molar refractivity (Wildman–Crippen MR) is 117 cm³/mol. The van der Waals surface area contributed by atoms with Crippen LogP contribution in [0.1, 0.15) is 59.1 Å². The van der Waals surface area contributed by atoms with E-state index in [1.807, 2.05) is 36.4 Å². The molecule has 158 valence electrons. The molecule has 1 aliphatic heterocycles. The van der Waals surface area contributed by atoms with Crippen LogP contribution in [0.25, 0.3) is 5.69 Å². The van der Waals surface area contributed by atoms with Gasteiger partial charge in [0, 0.05) is 25.0 Å². The zero-order chi connectivity index (χ0) is 22.1. The van der Waals surface area contributed by atoms with Crippen molar-refractivity contribution in [1.29, 1.82) is 5.26 Å². The molecule has 3 heterocycles. The Morgan fingerprint density at radius 3 is 2.74 bits per heavy atom. The predicted octanol–water partition coefficient (Wildman–Crippen LogP) is 3.38. The van der Waals surface area contributed by atoms with E-state index in [0.29, 0.717) is 43.2 Å². The van der Waals surface area contributed by atoms with Crippen LogP contribution in [0.2, 0.25) is 0 Å². The first-order chi connectivity index (χ1) is 14.9. The average Bonchev–Trinajstić information content (AvgIpc) is 3.04. The third-order valence-electron chi connectivity index (χ3n) is 5.75. The van der Waals surface area contributed by atoms with Gasteiger partial charge in [0.05, 0.1) is 12.2 Å². The summed E-state index contributed by atoms with van der Waals surface area (Å²) in [6.07, 6.45) is 2.44. The lowest BCUT2D eigenvalue weighted by Crippen LogP contribution is -2.37. The number of benzene rings is 1. The van der Waals surface area contributed by atoms with Crippen LogP contribution >= 0.6 is 0 Å². The highest BCUT2D eigenvalue weighted by molar-refractivity contribution is 5.95. The van der Waals surface area contributed by atoms with Gasteiger partial charge in [-0.3, -0.25) is 18.8 Å². The molecule has 0 fully saturated rings. The quantitative estimate of drug-likeness (QED) is 0.656. The van der Waals surface area contributed by atoms with Crippen LogP contribution in [0.4, 0.5) is 0 Å². The summed E-state index contributed by atoms with van der Waals surface area (Å²) in [6, 6.07) is 13.4. The van der Waals surface area contributed by atoms with Crippen LogP contribution in [0.15, 0.2) is 47.4 Å². The third kappa shape index (κ3) is 3.89. The molecule has 4 rings (SSSR count). The molecule has 31 heavy (non-hydrogen) atoms. The molecule has 0 bridgehead atoms. The average molecular weight is 415 g/mol. The molecule has 7 nitrogen and oxygen atoms in total. The minimum atomic E-state index is -0.318. The van der Waals surface area contributed by atoms with E-state index in [-0.39, 0.29) is 17.0 Å². The van der Waals surface area contributed by atoms with E-state index >= 15 is 0 Å². The lowest BCUT2D eigenvalue weighted by Gasteiger charge is -2.21. The second-order valence-corrected chi connectivity index (χ2v) is 8.23. The van der Waals surface area contributed by atoms with Crippen molar-refractivity contribution < 1.29 is 4.79 Å². The van der Waals surface area contributed by atoms with E-state index in [4.69, 9.17) is 5.26 Å². The number of amides is 1. The summed E-state index contributed by atoms with van der Waals surface area (Å²) < 4.78 is 3.32. The molecule has 0 atom stereocenters. The maximum atomic E-state index is 13.5. The standard InChI is InChI=1S/C24H25N5O2/c1-16(2)18-6-4-7-20(12-18)28-11-8-17(3)22(24(28)31)23(30)27-9-5-10-29-21(15-27)13-19(14-25)26-29/h4,6-8,11-13,16H,5,9-10,15H2,1-3H3. The highest BCUT2D eigenvalue weighted by Crippen LogP contribution is 2.19. The van der Waals surface area contributed by atoms with Gasteiger partial charge in [0.2, 0.25) is 0 Å². The molecule has 0 aliphatic carbocycles. The second kappa shape index (κ2) is 8.23. The second-order valence-electron chi connectivity index (χ2n) is 8.23. The fourth-order valence-corrected chi connectivity index (χ4v) is 3.97. The molecule has 0 spiro atoms. The Labute approximate surface area is 181 Å². The van der Waals surface area contributed by atoms with Crippen molar-refractivity contribution in [3.63, 3.8) is 0 Å². The lowest BCUT2D eigenvalue weighted by molar-refractivity contribution is 0.0743. The van der Waals surface area contributed by atoms with Crippen molar-refractivity contribution in [2.45, 2.75) is 46.2 Å². The number of pyridine rings is 1. The maximum absolute atomic E-state index is 13.5. The highest BCUT2D eigenvalue weighted by atomic mass is 16.2. The van der Waals surface area contributed by atoms with Crippen LogP contribution in [0.5, 0.6) is 0 Å². The van der Waals surface area contributed by atoms with E-state index in [1.54, 1.807) is 33.3 Å². The molecule has 0 saturated heterocycles. The molecular formula is C24H25N5O2. The van der Waals surface area contributed by atoms with Crippen molar-refractivity contribution in [1.82, 2.24) is 19.2 Å². The van der Waals surface area contributed by atoms with Crippen LogP contribution in [-0.4, -0.2) is 31.7 Å².